The lowest BCUT2D eigenvalue weighted by molar-refractivity contribution is -0.384. The number of carbonyl (C=O) groups is 1. The third-order valence-corrected chi connectivity index (χ3v) is 3.75. The second-order valence-corrected chi connectivity index (χ2v) is 5.10. The highest BCUT2D eigenvalue weighted by Gasteiger charge is 2.38. The molecule has 1 fully saturated rings. The molecule has 1 aromatic rings. The van der Waals surface area contributed by atoms with Crippen molar-refractivity contribution in [2.45, 2.75) is 31.9 Å². The molecule has 0 bridgehead atoms. The number of carboxylic acid groups (broad SMARTS) is 1. The lowest BCUT2D eigenvalue weighted by Gasteiger charge is -2.29. The number of anilines is 1. The molecular formula is C13H16N2O5. The van der Waals surface area contributed by atoms with Crippen molar-refractivity contribution < 1.29 is 19.6 Å². The van der Waals surface area contributed by atoms with Gasteiger partial charge in [0.1, 0.15) is 5.69 Å². The van der Waals surface area contributed by atoms with Gasteiger partial charge in [0, 0.05) is 12.7 Å². The minimum absolute atomic E-state index is 0.0822. The van der Waals surface area contributed by atoms with Crippen molar-refractivity contribution >= 4 is 17.3 Å². The number of nitrogens with zero attached hydrogens (tertiary/aromatic N) is 1. The van der Waals surface area contributed by atoms with Gasteiger partial charge in [0.2, 0.25) is 0 Å². The molecule has 0 radical (unpaired) electrons. The van der Waals surface area contributed by atoms with E-state index in [1.54, 1.807) is 0 Å². The van der Waals surface area contributed by atoms with Gasteiger partial charge in [-0.05, 0) is 32.4 Å². The molecule has 0 saturated carbocycles. The maximum absolute atomic E-state index is 11.1. The molecule has 7 heteroatoms. The average molecular weight is 280 g/mol. The second kappa shape index (κ2) is 5.09. The fourth-order valence-corrected chi connectivity index (χ4v) is 2.23. The molecule has 7 nitrogen and oxygen atoms in total. The molecule has 1 heterocycles. The van der Waals surface area contributed by atoms with Crippen molar-refractivity contribution in [3.63, 3.8) is 0 Å². The summed E-state index contributed by atoms with van der Waals surface area (Å²) < 4.78 is 5.48. The molecule has 0 spiro atoms. The van der Waals surface area contributed by atoms with Gasteiger partial charge in [-0.15, -0.1) is 0 Å². The van der Waals surface area contributed by atoms with Crippen molar-refractivity contribution in [3.8, 4) is 0 Å². The lowest BCUT2D eigenvalue weighted by Crippen LogP contribution is -2.41. The number of nitro benzene ring substituents is 1. The van der Waals surface area contributed by atoms with Crippen LogP contribution < -0.4 is 5.32 Å². The van der Waals surface area contributed by atoms with Crippen LogP contribution in [0.3, 0.4) is 0 Å². The van der Waals surface area contributed by atoms with Crippen molar-refractivity contribution in [3.05, 3.63) is 33.9 Å². The van der Waals surface area contributed by atoms with Gasteiger partial charge < -0.3 is 15.2 Å². The van der Waals surface area contributed by atoms with Crippen LogP contribution >= 0.6 is 0 Å². The Labute approximate surface area is 115 Å². The number of hydrogen-bond donors (Lipinski definition) is 2. The lowest BCUT2D eigenvalue weighted by atomic mass is 9.94. The molecule has 0 aromatic heterocycles. The first-order chi connectivity index (χ1) is 9.33. The van der Waals surface area contributed by atoms with Crippen LogP contribution in [0.2, 0.25) is 0 Å². The van der Waals surface area contributed by atoms with E-state index >= 15 is 0 Å². The van der Waals surface area contributed by atoms with Crippen LogP contribution in [-0.4, -0.2) is 34.2 Å². The van der Waals surface area contributed by atoms with Gasteiger partial charge in [-0.1, -0.05) is 0 Å². The van der Waals surface area contributed by atoms with E-state index in [4.69, 9.17) is 9.84 Å². The summed E-state index contributed by atoms with van der Waals surface area (Å²) in [5, 5.41) is 23.1. The Hall–Kier alpha value is -2.15. The van der Waals surface area contributed by atoms with E-state index in [1.165, 1.54) is 12.1 Å². The zero-order valence-electron chi connectivity index (χ0n) is 11.3. The second-order valence-electron chi connectivity index (χ2n) is 5.10. The summed E-state index contributed by atoms with van der Waals surface area (Å²) in [6, 6.07) is 3.84. The normalized spacial score (nSPS) is 25.4. The highest BCUT2D eigenvalue weighted by Crippen LogP contribution is 2.34. The molecule has 1 saturated heterocycles. The molecule has 2 atom stereocenters. The molecule has 108 valence electrons. The smallest absolute Gasteiger partial charge is 0.335 e. The fraction of sp³-hybridized carbons (Fsp3) is 0.462. The van der Waals surface area contributed by atoms with Crippen LogP contribution in [0.5, 0.6) is 0 Å². The van der Waals surface area contributed by atoms with Crippen molar-refractivity contribution in [1.29, 1.82) is 0 Å². The Morgan fingerprint density at radius 2 is 2.30 bits per heavy atom. The molecule has 1 aliphatic heterocycles. The molecular weight excluding hydrogens is 264 g/mol. The van der Waals surface area contributed by atoms with Crippen molar-refractivity contribution in [2.24, 2.45) is 0 Å². The molecule has 2 rings (SSSR count). The first-order valence-electron chi connectivity index (χ1n) is 6.25. The minimum Gasteiger partial charge on any atom is -0.478 e. The number of aromatic carboxylic acids is 1. The average Bonchev–Trinajstić information content (AvgIpc) is 2.69. The monoisotopic (exact) mass is 280 g/mol. The van der Waals surface area contributed by atoms with Gasteiger partial charge in [-0.2, -0.15) is 0 Å². The van der Waals surface area contributed by atoms with Crippen LogP contribution in [0.1, 0.15) is 30.6 Å². The maximum atomic E-state index is 11.1. The number of carboxylic acids is 1. The SMILES string of the molecule is CC1OCCC1(C)Nc1ccc(C(=O)O)cc1[N+](=O)[O-]. The maximum Gasteiger partial charge on any atom is 0.335 e. The van der Waals surface area contributed by atoms with E-state index in [1.807, 2.05) is 13.8 Å². The van der Waals surface area contributed by atoms with E-state index in [0.29, 0.717) is 12.3 Å². The van der Waals surface area contributed by atoms with E-state index in [0.717, 1.165) is 12.5 Å². The fourth-order valence-electron chi connectivity index (χ4n) is 2.23. The summed E-state index contributed by atoms with van der Waals surface area (Å²) in [6.45, 7) is 4.42. The van der Waals surface area contributed by atoms with Gasteiger partial charge in [0.15, 0.2) is 0 Å². The Kier molecular flexibility index (Phi) is 3.63. The third kappa shape index (κ3) is 2.57. The number of rotatable bonds is 4. The predicted octanol–water partition coefficient (Wildman–Crippen LogP) is 2.27. The topological polar surface area (TPSA) is 102 Å². The first kappa shape index (κ1) is 14.3. The number of ether oxygens (including phenoxy) is 1. The van der Waals surface area contributed by atoms with Crippen LogP contribution in [-0.2, 0) is 4.74 Å². The summed E-state index contributed by atoms with van der Waals surface area (Å²) >= 11 is 0. The summed E-state index contributed by atoms with van der Waals surface area (Å²) in [7, 11) is 0. The molecule has 0 amide bonds. The molecule has 1 aromatic carbocycles. The molecule has 2 unspecified atom stereocenters. The third-order valence-electron chi connectivity index (χ3n) is 3.75. The summed E-state index contributed by atoms with van der Waals surface area (Å²) in [5.74, 6) is -1.19. The number of benzene rings is 1. The molecule has 2 N–H and O–H groups in total. The first-order valence-corrected chi connectivity index (χ1v) is 6.25. The Morgan fingerprint density at radius 3 is 2.80 bits per heavy atom. The highest BCUT2D eigenvalue weighted by atomic mass is 16.6. The minimum atomic E-state index is -1.19. The van der Waals surface area contributed by atoms with E-state index in [-0.39, 0.29) is 17.4 Å². The van der Waals surface area contributed by atoms with Crippen LogP contribution in [0.15, 0.2) is 18.2 Å². The summed E-state index contributed by atoms with van der Waals surface area (Å²) in [5.41, 5.74) is -0.455. The van der Waals surface area contributed by atoms with E-state index < -0.39 is 16.4 Å². The predicted molar refractivity (Wildman–Crippen MR) is 72.1 cm³/mol. The van der Waals surface area contributed by atoms with Gasteiger partial charge in [-0.3, -0.25) is 10.1 Å². The zero-order valence-corrected chi connectivity index (χ0v) is 11.3. The van der Waals surface area contributed by atoms with Gasteiger partial charge in [0.05, 0.1) is 22.1 Å². The quantitative estimate of drug-likeness (QED) is 0.648. The Bertz CT molecular complexity index is 560. The molecule has 1 aliphatic rings. The van der Waals surface area contributed by atoms with Gasteiger partial charge in [0.25, 0.3) is 5.69 Å². The molecule has 20 heavy (non-hydrogen) atoms. The zero-order chi connectivity index (χ0) is 14.9. The van der Waals surface area contributed by atoms with Crippen molar-refractivity contribution in [1.82, 2.24) is 0 Å². The summed E-state index contributed by atoms with van der Waals surface area (Å²) in [6.07, 6.45) is 0.646. The van der Waals surface area contributed by atoms with Crippen LogP contribution in [0, 0.1) is 10.1 Å². The van der Waals surface area contributed by atoms with Crippen LogP contribution in [0.25, 0.3) is 0 Å². The number of nitrogens with one attached hydrogen (secondary N) is 1. The number of nitro groups is 1. The molecule has 0 aliphatic carbocycles. The largest absolute Gasteiger partial charge is 0.478 e. The van der Waals surface area contributed by atoms with Crippen molar-refractivity contribution in [2.75, 3.05) is 11.9 Å². The van der Waals surface area contributed by atoms with Gasteiger partial charge in [-0.25, -0.2) is 4.79 Å². The Balaban J connectivity index is 2.36. The number of hydrogen-bond acceptors (Lipinski definition) is 5. The van der Waals surface area contributed by atoms with Gasteiger partial charge >= 0.3 is 5.97 Å². The summed E-state index contributed by atoms with van der Waals surface area (Å²) in [4.78, 5) is 21.4. The van der Waals surface area contributed by atoms with E-state index in [9.17, 15) is 14.9 Å². The van der Waals surface area contributed by atoms with Crippen LogP contribution in [0.4, 0.5) is 11.4 Å². The highest BCUT2D eigenvalue weighted by molar-refractivity contribution is 5.89. The standard InChI is InChI=1S/C13H16N2O5/c1-8-13(2,5-6-20-8)14-10-4-3-9(12(16)17)7-11(10)15(18)19/h3-4,7-8,14H,5-6H2,1-2H3,(H,16,17). The Morgan fingerprint density at radius 1 is 1.60 bits per heavy atom. The van der Waals surface area contributed by atoms with E-state index in [2.05, 4.69) is 5.32 Å².